The Labute approximate surface area is 123 Å². The minimum atomic E-state index is -0.696. The molecule has 3 nitrogen and oxygen atoms in total. The lowest BCUT2D eigenvalue weighted by atomic mass is 10.1. The fourth-order valence-corrected chi connectivity index (χ4v) is 2.23. The molecule has 0 bridgehead atoms. The zero-order valence-electron chi connectivity index (χ0n) is 11.2. The molecule has 0 saturated carbocycles. The van der Waals surface area contributed by atoms with Crippen molar-refractivity contribution in [2.45, 2.75) is 11.0 Å². The van der Waals surface area contributed by atoms with Crippen molar-refractivity contribution in [2.75, 3.05) is 12.8 Å². The van der Waals surface area contributed by atoms with Gasteiger partial charge >= 0.3 is 0 Å². The van der Waals surface area contributed by atoms with E-state index in [0.29, 0.717) is 5.56 Å². The average Bonchev–Trinajstić information content (AvgIpc) is 2.53. The van der Waals surface area contributed by atoms with E-state index in [0.717, 1.165) is 10.5 Å². The van der Waals surface area contributed by atoms with Gasteiger partial charge < -0.3 is 10.4 Å². The van der Waals surface area contributed by atoms with E-state index in [4.69, 9.17) is 0 Å². The van der Waals surface area contributed by atoms with Crippen molar-refractivity contribution in [3.63, 3.8) is 0 Å². The molecular weight excluding hydrogens is 270 g/mol. The van der Waals surface area contributed by atoms with Crippen LogP contribution in [0.2, 0.25) is 0 Å². The number of thioether (sulfide) groups is 1. The molecule has 0 heterocycles. The van der Waals surface area contributed by atoms with E-state index in [-0.39, 0.29) is 12.5 Å². The highest BCUT2D eigenvalue weighted by Crippen LogP contribution is 2.18. The maximum Gasteiger partial charge on any atom is 0.251 e. The Hall–Kier alpha value is -1.78. The number of amides is 1. The van der Waals surface area contributed by atoms with Crippen LogP contribution in [0, 0.1) is 0 Å². The highest BCUT2D eigenvalue weighted by molar-refractivity contribution is 7.98. The third kappa shape index (κ3) is 3.85. The fourth-order valence-electron chi connectivity index (χ4n) is 1.82. The summed E-state index contributed by atoms with van der Waals surface area (Å²) in [5, 5.41) is 12.8. The molecule has 2 aromatic carbocycles. The lowest BCUT2D eigenvalue weighted by Crippen LogP contribution is -2.28. The van der Waals surface area contributed by atoms with E-state index < -0.39 is 6.10 Å². The Balaban J connectivity index is 1.91. The van der Waals surface area contributed by atoms with Gasteiger partial charge in [0.2, 0.25) is 0 Å². The second-order valence-corrected chi connectivity index (χ2v) is 5.24. The highest BCUT2D eigenvalue weighted by atomic mass is 32.2. The Kier molecular flexibility index (Phi) is 5.21. The zero-order valence-corrected chi connectivity index (χ0v) is 12.1. The van der Waals surface area contributed by atoms with Gasteiger partial charge in [0.15, 0.2) is 0 Å². The van der Waals surface area contributed by atoms with Gasteiger partial charge in [-0.2, -0.15) is 0 Å². The summed E-state index contributed by atoms with van der Waals surface area (Å²) in [6.07, 6.45) is 1.31. The minimum absolute atomic E-state index is 0.176. The van der Waals surface area contributed by atoms with Gasteiger partial charge in [0, 0.05) is 17.0 Å². The van der Waals surface area contributed by atoms with Crippen LogP contribution in [0.1, 0.15) is 22.0 Å². The second-order valence-electron chi connectivity index (χ2n) is 4.37. The largest absolute Gasteiger partial charge is 0.387 e. The van der Waals surface area contributed by atoms with E-state index in [1.165, 1.54) is 0 Å². The van der Waals surface area contributed by atoms with Crippen molar-refractivity contribution in [2.24, 2.45) is 0 Å². The number of hydrogen-bond donors (Lipinski definition) is 2. The van der Waals surface area contributed by atoms with E-state index in [1.807, 2.05) is 48.7 Å². The van der Waals surface area contributed by atoms with Crippen molar-refractivity contribution >= 4 is 17.7 Å². The van der Waals surface area contributed by atoms with Crippen LogP contribution in [-0.4, -0.2) is 23.8 Å². The van der Waals surface area contributed by atoms with Crippen molar-refractivity contribution in [1.29, 1.82) is 0 Å². The smallest absolute Gasteiger partial charge is 0.251 e. The van der Waals surface area contributed by atoms with Gasteiger partial charge in [-0.25, -0.2) is 0 Å². The van der Waals surface area contributed by atoms with E-state index in [2.05, 4.69) is 5.32 Å². The Morgan fingerprint density at radius 2 is 1.80 bits per heavy atom. The van der Waals surface area contributed by atoms with Crippen molar-refractivity contribution < 1.29 is 9.90 Å². The number of benzene rings is 2. The maximum absolute atomic E-state index is 11.9. The van der Waals surface area contributed by atoms with Crippen LogP contribution >= 0.6 is 11.8 Å². The van der Waals surface area contributed by atoms with Crippen molar-refractivity contribution in [3.05, 3.63) is 65.7 Å². The molecule has 2 aromatic rings. The number of rotatable bonds is 5. The van der Waals surface area contributed by atoms with E-state index in [9.17, 15) is 9.90 Å². The van der Waals surface area contributed by atoms with Crippen LogP contribution in [0.3, 0.4) is 0 Å². The number of hydrogen-bond acceptors (Lipinski definition) is 3. The second kappa shape index (κ2) is 7.12. The summed E-state index contributed by atoms with van der Waals surface area (Å²) in [5.74, 6) is -0.176. The van der Waals surface area contributed by atoms with Gasteiger partial charge in [-0.1, -0.05) is 30.3 Å². The van der Waals surface area contributed by atoms with Crippen LogP contribution in [0.5, 0.6) is 0 Å². The molecule has 0 aliphatic carbocycles. The first-order chi connectivity index (χ1) is 9.70. The number of carbonyl (C=O) groups is 1. The third-order valence-corrected chi connectivity index (χ3v) is 3.74. The zero-order chi connectivity index (χ0) is 14.4. The first-order valence-electron chi connectivity index (χ1n) is 6.36. The molecule has 4 heteroatoms. The molecule has 2 N–H and O–H groups in total. The van der Waals surface area contributed by atoms with Crippen LogP contribution in [0.15, 0.2) is 59.5 Å². The lowest BCUT2D eigenvalue weighted by Gasteiger charge is -2.12. The number of carbonyl (C=O) groups excluding carboxylic acids is 1. The fraction of sp³-hybridized carbons (Fsp3) is 0.188. The highest BCUT2D eigenvalue weighted by Gasteiger charge is 2.10. The predicted molar refractivity (Wildman–Crippen MR) is 82.0 cm³/mol. The maximum atomic E-state index is 11.9. The molecule has 0 spiro atoms. The first kappa shape index (κ1) is 14.6. The standard InChI is InChI=1S/C16H17NO2S/c1-20-14-9-7-12(8-10-14)15(18)11-17-16(19)13-5-3-2-4-6-13/h2-10,15,18H,11H2,1H3,(H,17,19)/t15-/m1/s1. The minimum Gasteiger partial charge on any atom is -0.387 e. The van der Waals surface area contributed by atoms with Gasteiger partial charge in [-0.15, -0.1) is 11.8 Å². The third-order valence-electron chi connectivity index (χ3n) is 2.99. The summed E-state index contributed by atoms with van der Waals surface area (Å²) >= 11 is 1.65. The molecule has 20 heavy (non-hydrogen) atoms. The summed E-state index contributed by atoms with van der Waals surface area (Å²) in [6, 6.07) is 16.7. The van der Waals surface area contributed by atoms with Crippen molar-refractivity contribution in [3.8, 4) is 0 Å². The molecule has 104 valence electrons. The topological polar surface area (TPSA) is 49.3 Å². The lowest BCUT2D eigenvalue weighted by molar-refractivity contribution is 0.0916. The van der Waals surface area contributed by atoms with Gasteiger partial charge in [0.05, 0.1) is 6.10 Å². The summed E-state index contributed by atoms with van der Waals surface area (Å²) in [4.78, 5) is 13.0. The Morgan fingerprint density at radius 1 is 1.15 bits per heavy atom. The molecule has 2 rings (SSSR count). The quantitative estimate of drug-likeness (QED) is 0.831. The monoisotopic (exact) mass is 287 g/mol. The predicted octanol–water partition coefficient (Wildman–Crippen LogP) is 2.87. The van der Waals surface area contributed by atoms with Gasteiger partial charge in [0.25, 0.3) is 5.91 Å². The van der Waals surface area contributed by atoms with Crippen LogP contribution < -0.4 is 5.32 Å². The SMILES string of the molecule is CSc1ccc([C@H](O)CNC(=O)c2ccccc2)cc1. The summed E-state index contributed by atoms with van der Waals surface area (Å²) in [5.41, 5.74) is 1.40. The van der Waals surface area contributed by atoms with Crippen LogP contribution in [0.25, 0.3) is 0 Å². The molecular formula is C16H17NO2S. The van der Waals surface area contributed by atoms with E-state index >= 15 is 0 Å². The van der Waals surface area contributed by atoms with Crippen molar-refractivity contribution in [1.82, 2.24) is 5.32 Å². The molecule has 0 saturated heterocycles. The average molecular weight is 287 g/mol. The summed E-state index contributed by atoms with van der Waals surface area (Å²) in [7, 11) is 0. The van der Waals surface area contributed by atoms with Gasteiger partial charge in [-0.3, -0.25) is 4.79 Å². The normalized spacial score (nSPS) is 11.9. The Bertz CT molecular complexity index is 554. The van der Waals surface area contributed by atoms with E-state index in [1.54, 1.807) is 23.9 Å². The first-order valence-corrected chi connectivity index (χ1v) is 7.58. The number of aliphatic hydroxyl groups excluding tert-OH is 1. The molecule has 1 amide bonds. The molecule has 1 atom stereocenters. The number of nitrogens with one attached hydrogen (secondary N) is 1. The van der Waals surface area contributed by atoms with Crippen LogP contribution in [0.4, 0.5) is 0 Å². The molecule has 0 fully saturated rings. The molecule has 0 aliphatic rings. The summed E-state index contributed by atoms with van der Waals surface area (Å²) < 4.78 is 0. The Morgan fingerprint density at radius 3 is 2.40 bits per heavy atom. The molecule has 0 aliphatic heterocycles. The van der Waals surface area contributed by atoms with Gasteiger partial charge in [-0.05, 0) is 36.1 Å². The van der Waals surface area contributed by atoms with Gasteiger partial charge in [0.1, 0.15) is 0 Å². The molecule has 0 radical (unpaired) electrons. The molecule has 0 aromatic heterocycles. The van der Waals surface area contributed by atoms with Crippen LogP contribution in [-0.2, 0) is 0 Å². The summed E-state index contributed by atoms with van der Waals surface area (Å²) in [6.45, 7) is 0.201. The number of aliphatic hydroxyl groups is 1. The molecule has 0 unspecified atom stereocenters.